The Morgan fingerprint density at radius 1 is 1.06 bits per heavy atom. The van der Waals surface area contributed by atoms with Gasteiger partial charge in [-0.1, -0.05) is 6.07 Å². The lowest BCUT2D eigenvalue weighted by molar-refractivity contribution is 0.510. The highest BCUT2D eigenvalue weighted by Gasteiger charge is 2.09. The Kier molecular flexibility index (Phi) is 2.11. The van der Waals surface area contributed by atoms with E-state index in [1.807, 2.05) is 6.07 Å². The van der Waals surface area contributed by atoms with Gasteiger partial charge in [-0.15, -0.1) is 0 Å². The van der Waals surface area contributed by atoms with Crippen molar-refractivity contribution in [3.8, 4) is 11.5 Å². The molecule has 1 N–H and O–H groups in total. The van der Waals surface area contributed by atoms with Crippen molar-refractivity contribution < 1.29 is 8.78 Å². The molecule has 0 amide bonds. The number of imidazole rings is 1. The summed E-state index contributed by atoms with van der Waals surface area (Å²) in [5, 5.41) is 0. The standard InChI is InChI=1S/C12H7F2N3/c13-7-5-10-11(6-8(7)14)17-12(16-10)9-3-1-2-4-15-9/h1-6H,(H,16,17). The van der Waals surface area contributed by atoms with Crippen LogP contribution in [0.15, 0.2) is 36.5 Å². The first-order valence-corrected chi connectivity index (χ1v) is 5.00. The van der Waals surface area contributed by atoms with Crippen molar-refractivity contribution in [3.05, 3.63) is 48.2 Å². The number of aromatic nitrogens is 3. The molecule has 3 rings (SSSR count). The molecule has 0 aliphatic heterocycles. The molecule has 2 heterocycles. The number of nitrogens with one attached hydrogen (secondary N) is 1. The lowest BCUT2D eigenvalue weighted by Gasteiger charge is -1.92. The van der Waals surface area contributed by atoms with Crippen LogP contribution in [0, 0.1) is 11.6 Å². The van der Waals surface area contributed by atoms with Gasteiger partial charge in [0.2, 0.25) is 0 Å². The summed E-state index contributed by atoms with van der Waals surface area (Å²) in [6.07, 6.45) is 1.63. The predicted octanol–water partition coefficient (Wildman–Crippen LogP) is 2.90. The van der Waals surface area contributed by atoms with Gasteiger partial charge >= 0.3 is 0 Å². The van der Waals surface area contributed by atoms with E-state index in [0.717, 1.165) is 12.1 Å². The van der Waals surface area contributed by atoms with E-state index in [-0.39, 0.29) is 0 Å². The summed E-state index contributed by atoms with van der Waals surface area (Å²) in [4.78, 5) is 11.2. The lowest BCUT2D eigenvalue weighted by atomic mass is 10.3. The quantitative estimate of drug-likeness (QED) is 0.699. The Morgan fingerprint density at radius 2 is 1.88 bits per heavy atom. The molecule has 5 heteroatoms. The van der Waals surface area contributed by atoms with Crippen molar-refractivity contribution in [3.63, 3.8) is 0 Å². The van der Waals surface area contributed by atoms with Gasteiger partial charge in [0, 0.05) is 18.3 Å². The molecule has 0 aliphatic rings. The smallest absolute Gasteiger partial charge is 0.161 e. The highest BCUT2D eigenvalue weighted by atomic mass is 19.2. The molecule has 3 aromatic rings. The fourth-order valence-corrected chi connectivity index (χ4v) is 1.63. The van der Waals surface area contributed by atoms with Crippen molar-refractivity contribution in [2.24, 2.45) is 0 Å². The van der Waals surface area contributed by atoms with Crippen LogP contribution in [0.2, 0.25) is 0 Å². The van der Waals surface area contributed by atoms with E-state index < -0.39 is 11.6 Å². The van der Waals surface area contributed by atoms with Crippen LogP contribution < -0.4 is 0 Å². The van der Waals surface area contributed by atoms with Gasteiger partial charge in [0.25, 0.3) is 0 Å². The molecule has 1 aromatic carbocycles. The maximum Gasteiger partial charge on any atom is 0.161 e. The maximum absolute atomic E-state index is 13.0. The third-order valence-electron chi connectivity index (χ3n) is 2.43. The molecular formula is C12H7F2N3. The molecule has 0 radical (unpaired) electrons. The van der Waals surface area contributed by atoms with Crippen LogP contribution in [0.1, 0.15) is 0 Å². The first-order chi connectivity index (χ1) is 8.24. The molecule has 0 saturated carbocycles. The van der Waals surface area contributed by atoms with Crippen LogP contribution in [0.5, 0.6) is 0 Å². The largest absolute Gasteiger partial charge is 0.337 e. The Bertz CT molecular complexity index is 638. The van der Waals surface area contributed by atoms with Crippen molar-refractivity contribution >= 4 is 11.0 Å². The molecule has 0 atom stereocenters. The van der Waals surface area contributed by atoms with Gasteiger partial charge in [-0.25, -0.2) is 13.8 Å². The van der Waals surface area contributed by atoms with Crippen LogP contribution in [0.3, 0.4) is 0 Å². The minimum absolute atomic E-state index is 0.379. The summed E-state index contributed by atoms with van der Waals surface area (Å²) >= 11 is 0. The normalized spacial score (nSPS) is 10.9. The van der Waals surface area contributed by atoms with Crippen molar-refractivity contribution in [1.29, 1.82) is 0 Å². The molecule has 2 aromatic heterocycles. The molecule has 0 unspecified atom stereocenters. The van der Waals surface area contributed by atoms with Gasteiger partial charge in [-0.3, -0.25) is 4.98 Å². The summed E-state index contributed by atoms with van der Waals surface area (Å²) in [5.74, 6) is -1.31. The van der Waals surface area contributed by atoms with Gasteiger partial charge in [-0.2, -0.15) is 0 Å². The fraction of sp³-hybridized carbons (Fsp3) is 0. The average molecular weight is 231 g/mol. The van der Waals surface area contributed by atoms with E-state index in [9.17, 15) is 8.78 Å². The molecule has 0 fully saturated rings. The van der Waals surface area contributed by atoms with Crippen LogP contribution in [0.4, 0.5) is 8.78 Å². The minimum atomic E-state index is -0.906. The Hall–Kier alpha value is -2.30. The molecule has 0 spiro atoms. The zero-order valence-corrected chi connectivity index (χ0v) is 8.61. The number of fused-ring (bicyclic) bond motifs is 1. The van der Waals surface area contributed by atoms with Crippen LogP contribution in [-0.4, -0.2) is 15.0 Å². The number of benzene rings is 1. The van der Waals surface area contributed by atoms with Crippen LogP contribution in [0.25, 0.3) is 22.6 Å². The zero-order valence-electron chi connectivity index (χ0n) is 8.61. The zero-order chi connectivity index (χ0) is 11.8. The Morgan fingerprint density at radius 3 is 2.65 bits per heavy atom. The van der Waals surface area contributed by atoms with E-state index in [1.54, 1.807) is 18.3 Å². The Balaban J connectivity index is 2.21. The number of hydrogen-bond acceptors (Lipinski definition) is 2. The van der Waals surface area contributed by atoms with Gasteiger partial charge in [-0.05, 0) is 12.1 Å². The third kappa shape index (κ3) is 1.65. The van der Waals surface area contributed by atoms with Crippen LogP contribution >= 0.6 is 0 Å². The number of nitrogens with zero attached hydrogens (tertiary/aromatic N) is 2. The maximum atomic E-state index is 13.0. The average Bonchev–Trinajstić information content (AvgIpc) is 2.74. The molecule has 17 heavy (non-hydrogen) atoms. The van der Waals surface area contributed by atoms with E-state index in [2.05, 4.69) is 15.0 Å². The van der Waals surface area contributed by atoms with E-state index in [1.165, 1.54) is 0 Å². The number of halogens is 2. The summed E-state index contributed by atoms with van der Waals surface area (Å²) < 4.78 is 26.0. The predicted molar refractivity (Wildman–Crippen MR) is 59.2 cm³/mol. The van der Waals surface area contributed by atoms with Gasteiger partial charge < -0.3 is 4.98 Å². The number of rotatable bonds is 1. The van der Waals surface area contributed by atoms with Gasteiger partial charge in [0.05, 0.1) is 11.0 Å². The second-order valence-electron chi connectivity index (χ2n) is 3.58. The second-order valence-corrected chi connectivity index (χ2v) is 3.58. The van der Waals surface area contributed by atoms with E-state index >= 15 is 0 Å². The highest BCUT2D eigenvalue weighted by molar-refractivity contribution is 5.78. The molecule has 0 aliphatic carbocycles. The number of H-pyrrole nitrogens is 1. The number of pyridine rings is 1. The molecule has 0 saturated heterocycles. The fourth-order valence-electron chi connectivity index (χ4n) is 1.63. The molecule has 84 valence electrons. The monoisotopic (exact) mass is 231 g/mol. The third-order valence-corrected chi connectivity index (χ3v) is 2.43. The lowest BCUT2D eigenvalue weighted by Crippen LogP contribution is -1.82. The van der Waals surface area contributed by atoms with Crippen molar-refractivity contribution in [2.75, 3.05) is 0 Å². The summed E-state index contributed by atoms with van der Waals surface area (Å²) in [5.41, 5.74) is 1.46. The molecule has 0 bridgehead atoms. The van der Waals surface area contributed by atoms with Crippen molar-refractivity contribution in [1.82, 2.24) is 15.0 Å². The topological polar surface area (TPSA) is 41.6 Å². The summed E-state index contributed by atoms with van der Waals surface area (Å²) in [6.45, 7) is 0. The highest BCUT2D eigenvalue weighted by Crippen LogP contribution is 2.20. The van der Waals surface area contributed by atoms with Crippen molar-refractivity contribution in [2.45, 2.75) is 0 Å². The Labute approximate surface area is 95.1 Å². The number of hydrogen-bond donors (Lipinski definition) is 1. The second kappa shape index (κ2) is 3.62. The number of aromatic amines is 1. The van der Waals surface area contributed by atoms with E-state index in [4.69, 9.17) is 0 Å². The molecular weight excluding hydrogens is 224 g/mol. The SMILES string of the molecule is Fc1cc2nc(-c3ccccn3)[nH]c2cc1F. The van der Waals surface area contributed by atoms with Gasteiger partial charge in [0.1, 0.15) is 5.69 Å². The first-order valence-electron chi connectivity index (χ1n) is 5.00. The molecule has 3 nitrogen and oxygen atoms in total. The van der Waals surface area contributed by atoms with Crippen LogP contribution in [-0.2, 0) is 0 Å². The summed E-state index contributed by atoms with van der Waals surface area (Å²) in [6, 6.07) is 7.52. The summed E-state index contributed by atoms with van der Waals surface area (Å²) in [7, 11) is 0. The first kappa shape index (κ1) is 9.89. The minimum Gasteiger partial charge on any atom is -0.337 e. The van der Waals surface area contributed by atoms with E-state index in [0.29, 0.717) is 22.6 Å². The van der Waals surface area contributed by atoms with Gasteiger partial charge in [0.15, 0.2) is 17.5 Å².